The molecule has 1 unspecified atom stereocenters. The molecule has 1 saturated heterocycles. The topological polar surface area (TPSA) is 94.6 Å². The van der Waals surface area contributed by atoms with Crippen LogP contribution in [0.3, 0.4) is 0 Å². The number of amides is 2. The van der Waals surface area contributed by atoms with Gasteiger partial charge in [-0.3, -0.25) is 10.2 Å². The van der Waals surface area contributed by atoms with Gasteiger partial charge in [0.15, 0.2) is 15.0 Å². The van der Waals surface area contributed by atoms with Crippen molar-refractivity contribution < 1.29 is 13.2 Å². The largest absolute Gasteiger partial charge is 0.338 e. The van der Waals surface area contributed by atoms with E-state index in [1.54, 1.807) is 18.2 Å². The SMILES string of the molecule is C=CC(N1CCN(C)CC1)S(=O)(=O)c1cc(-c2sc(NC(=O)NCC)nc2C)ccc1Cl. The molecule has 32 heavy (non-hydrogen) atoms. The lowest BCUT2D eigenvalue weighted by atomic mass is 10.2. The number of carbonyl (C=O) groups is 1. The van der Waals surface area contributed by atoms with E-state index in [0.29, 0.717) is 36.0 Å². The molecular formula is C21H28ClN5O3S2. The number of urea groups is 1. The van der Waals surface area contributed by atoms with Gasteiger partial charge in [0.25, 0.3) is 0 Å². The highest BCUT2D eigenvalue weighted by molar-refractivity contribution is 7.92. The molecule has 1 fully saturated rings. The Morgan fingerprint density at radius 2 is 2.03 bits per heavy atom. The molecule has 0 spiro atoms. The summed E-state index contributed by atoms with van der Waals surface area (Å²) in [6.07, 6.45) is 1.47. The predicted molar refractivity (Wildman–Crippen MR) is 130 cm³/mol. The van der Waals surface area contributed by atoms with E-state index in [1.807, 2.05) is 25.8 Å². The van der Waals surface area contributed by atoms with E-state index in [0.717, 1.165) is 18.0 Å². The van der Waals surface area contributed by atoms with Gasteiger partial charge in [-0.2, -0.15) is 0 Å². The van der Waals surface area contributed by atoms with E-state index < -0.39 is 15.2 Å². The number of nitrogens with one attached hydrogen (secondary N) is 2. The molecule has 2 amide bonds. The summed E-state index contributed by atoms with van der Waals surface area (Å²) < 4.78 is 27.1. The first-order chi connectivity index (χ1) is 15.2. The Kier molecular flexibility index (Phi) is 7.94. The minimum atomic E-state index is -3.80. The molecule has 1 atom stereocenters. The van der Waals surface area contributed by atoms with Crippen LogP contribution in [0.5, 0.6) is 0 Å². The normalized spacial score (nSPS) is 16.5. The molecule has 1 aromatic heterocycles. The highest BCUT2D eigenvalue weighted by Gasteiger charge is 2.34. The van der Waals surface area contributed by atoms with Crippen molar-refractivity contribution in [3.8, 4) is 10.4 Å². The van der Waals surface area contributed by atoms with Crippen LogP contribution in [0.15, 0.2) is 35.7 Å². The lowest BCUT2D eigenvalue weighted by Crippen LogP contribution is -2.50. The van der Waals surface area contributed by atoms with Crippen molar-refractivity contribution >= 4 is 43.9 Å². The molecule has 1 aliphatic heterocycles. The van der Waals surface area contributed by atoms with Crippen LogP contribution in [0.4, 0.5) is 9.93 Å². The van der Waals surface area contributed by atoms with Crippen LogP contribution in [-0.4, -0.2) is 74.4 Å². The number of nitrogens with zero attached hydrogens (tertiary/aromatic N) is 3. The molecular weight excluding hydrogens is 470 g/mol. The van der Waals surface area contributed by atoms with Gasteiger partial charge >= 0.3 is 6.03 Å². The third-order valence-electron chi connectivity index (χ3n) is 5.27. The summed E-state index contributed by atoms with van der Waals surface area (Å²) >= 11 is 7.64. The summed E-state index contributed by atoms with van der Waals surface area (Å²) in [5.74, 6) is 0. The first kappa shape index (κ1) is 24.7. The van der Waals surface area contributed by atoms with E-state index in [9.17, 15) is 13.2 Å². The number of benzene rings is 1. The van der Waals surface area contributed by atoms with Gasteiger partial charge in [0.1, 0.15) is 5.37 Å². The second-order valence-corrected chi connectivity index (χ2v) is 11.0. The number of halogens is 1. The molecule has 2 aromatic rings. The Hall–Kier alpha value is -1.98. The van der Waals surface area contributed by atoms with Crippen LogP contribution >= 0.6 is 22.9 Å². The molecule has 3 rings (SSSR count). The van der Waals surface area contributed by atoms with Crippen LogP contribution in [0.25, 0.3) is 10.4 Å². The number of aryl methyl sites for hydroxylation is 1. The molecule has 8 nitrogen and oxygen atoms in total. The lowest BCUT2D eigenvalue weighted by molar-refractivity contribution is 0.154. The van der Waals surface area contributed by atoms with Crippen molar-refractivity contribution in [1.29, 1.82) is 0 Å². The van der Waals surface area contributed by atoms with E-state index >= 15 is 0 Å². The first-order valence-corrected chi connectivity index (χ1v) is 13.0. The maximum atomic E-state index is 13.6. The van der Waals surface area contributed by atoms with Crippen molar-refractivity contribution in [2.75, 3.05) is 45.1 Å². The number of piperazine rings is 1. The number of sulfone groups is 1. The quantitative estimate of drug-likeness (QED) is 0.569. The fourth-order valence-corrected chi connectivity index (χ4v) is 6.71. The Morgan fingerprint density at radius 1 is 1.34 bits per heavy atom. The number of likely N-dealkylation sites (N-methyl/N-ethyl adjacent to an activating group) is 1. The average Bonchev–Trinajstić information content (AvgIpc) is 3.10. The van der Waals surface area contributed by atoms with Crippen LogP contribution < -0.4 is 10.6 Å². The van der Waals surface area contributed by atoms with Crippen LogP contribution in [-0.2, 0) is 9.84 Å². The summed E-state index contributed by atoms with van der Waals surface area (Å²) in [5, 5.41) is 5.09. The van der Waals surface area contributed by atoms with Gasteiger partial charge in [0, 0.05) is 32.7 Å². The highest BCUT2D eigenvalue weighted by Crippen LogP contribution is 2.37. The first-order valence-electron chi connectivity index (χ1n) is 10.3. The molecule has 11 heteroatoms. The summed E-state index contributed by atoms with van der Waals surface area (Å²) in [4.78, 5) is 21.1. The standard InChI is InChI=1S/C21H28ClN5O3S2/c1-5-18(27-11-9-26(4)10-12-27)32(29,30)17-13-15(7-8-16(17)22)19-14(3)24-21(31-19)25-20(28)23-6-2/h5,7-8,13,18H,1,6,9-12H2,2-4H3,(H2,23,24,25,28). The molecule has 0 saturated carbocycles. The maximum absolute atomic E-state index is 13.6. The zero-order chi connectivity index (χ0) is 23.5. The summed E-state index contributed by atoms with van der Waals surface area (Å²) in [6.45, 7) is 10.8. The third-order valence-corrected chi connectivity index (χ3v) is 8.91. The fraction of sp³-hybridized carbons (Fsp3) is 0.429. The van der Waals surface area contributed by atoms with Gasteiger partial charge in [0.05, 0.1) is 20.5 Å². The van der Waals surface area contributed by atoms with E-state index in [4.69, 9.17) is 11.6 Å². The monoisotopic (exact) mass is 497 g/mol. The second-order valence-electron chi connectivity index (χ2n) is 7.57. The molecule has 0 bridgehead atoms. The van der Waals surface area contributed by atoms with Gasteiger partial charge in [0.2, 0.25) is 0 Å². The minimum absolute atomic E-state index is 0.0616. The lowest BCUT2D eigenvalue weighted by Gasteiger charge is -2.36. The minimum Gasteiger partial charge on any atom is -0.338 e. The van der Waals surface area contributed by atoms with E-state index in [1.165, 1.54) is 17.4 Å². The molecule has 174 valence electrons. The van der Waals surface area contributed by atoms with Gasteiger partial charge in [-0.1, -0.05) is 35.1 Å². The summed E-state index contributed by atoms with van der Waals surface area (Å²) in [6, 6.07) is 4.59. The van der Waals surface area contributed by atoms with Crippen molar-refractivity contribution in [2.24, 2.45) is 0 Å². The predicted octanol–water partition coefficient (Wildman–Crippen LogP) is 3.45. The number of aromatic nitrogens is 1. The highest BCUT2D eigenvalue weighted by atomic mass is 35.5. The number of thiazole rings is 1. The molecule has 1 aromatic carbocycles. The Bertz CT molecular complexity index is 1090. The molecule has 0 aliphatic carbocycles. The molecule has 2 N–H and O–H groups in total. The number of anilines is 1. The smallest absolute Gasteiger partial charge is 0.321 e. The number of rotatable bonds is 7. The van der Waals surface area contributed by atoms with E-state index in [-0.39, 0.29) is 15.9 Å². The van der Waals surface area contributed by atoms with Gasteiger partial charge in [-0.05, 0) is 38.6 Å². The van der Waals surface area contributed by atoms with Gasteiger partial charge < -0.3 is 10.2 Å². The zero-order valence-electron chi connectivity index (χ0n) is 18.4. The Labute approximate surface area is 198 Å². The Morgan fingerprint density at radius 3 is 2.66 bits per heavy atom. The van der Waals surface area contributed by atoms with Crippen LogP contribution in [0.2, 0.25) is 5.02 Å². The summed E-state index contributed by atoms with van der Waals surface area (Å²) in [7, 11) is -1.78. The molecule has 0 radical (unpaired) electrons. The Balaban J connectivity index is 1.94. The molecule has 1 aliphatic rings. The fourth-order valence-electron chi connectivity index (χ4n) is 3.56. The molecule has 2 heterocycles. The maximum Gasteiger partial charge on any atom is 0.321 e. The van der Waals surface area contributed by atoms with Gasteiger partial charge in [-0.15, -0.1) is 6.58 Å². The van der Waals surface area contributed by atoms with Crippen molar-refractivity contribution in [1.82, 2.24) is 20.1 Å². The second kappa shape index (κ2) is 10.3. The number of hydrogen-bond donors (Lipinski definition) is 2. The number of carbonyl (C=O) groups excluding carboxylic acids is 1. The third kappa shape index (κ3) is 5.32. The average molecular weight is 498 g/mol. The van der Waals surface area contributed by atoms with Crippen molar-refractivity contribution in [3.05, 3.63) is 41.6 Å². The van der Waals surface area contributed by atoms with Crippen molar-refractivity contribution in [3.63, 3.8) is 0 Å². The van der Waals surface area contributed by atoms with Crippen molar-refractivity contribution in [2.45, 2.75) is 24.1 Å². The zero-order valence-corrected chi connectivity index (χ0v) is 20.8. The van der Waals surface area contributed by atoms with E-state index in [2.05, 4.69) is 27.1 Å². The number of hydrogen-bond acceptors (Lipinski definition) is 7. The summed E-state index contributed by atoms with van der Waals surface area (Å²) in [5.41, 5.74) is 1.36. The van der Waals surface area contributed by atoms with Crippen LogP contribution in [0.1, 0.15) is 12.6 Å². The van der Waals surface area contributed by atoms with Gasteiger partial charge in [-0.25, -0.2) is 18.2 Å². The van der Waals surface area contributed by atoms with Crippen LogP contribution in [0, 0.1) is 6.92 Å².